The van der Waals surface area contributed by atoms with E-state index in [-0.39, 0.29) is 17.9 Å². The highest BCUT2D eigenvalue weighted by molar-refractivity contribution is 5.84. The summed E-state index contributed by atoms with van der Waals surface area (Å²) in [7, 11) is 0. The summed E-state index contributed by atoms with van der Waals surface area (Å²) < 4.78 is 2.16. The standard InChI is InChI=1S/C18H21N3O/c22-18(16-7-3-5-13-4-1-2-6-15(13)16)20-14-8-9-17-19-10-11-21(17)12-14/h1-2,4,6,10-11,14,16H,3,5,7-9,12H2,(H,20,22)/t14-,16+/m1/s1. The lowest BCUT2D eigenvalue weighted by Crippen LogP contribution is -2.43. The van der Waals surface area contributed by atoms with Crippen molar-refractivity contribution in [3.63, 3.8) is 0 Å². The van der Waals surface area contributed by atoms with Gasteiger partial charge in [0.15, 0.2) is 0 Å². The van der Waals surface area contributed by atoms with Crippen LogP contribution in [0, 0.1) is 0 Å². The number of hydrogen-bond donors (Lipinski definition) is 1. The van der Waals surface area contributed by atoms with Crippen molar-refractivity contribution in [2.24, 2.45) is 0 Å². The van der Waals surface area contributed by atoms with Crippen molar-refractivity contribution >= 4 is 5.91 Å². The molecule has 1 aliphatic carbocycles. The third kappa shape index (κ3) is 2.43. The van der Waals surface area contributed by atoms with Crippen LogP contribution in [0.4, 0.5) is 0 Å². The Morgan fingerprint density at radius 2 is 2.14 bits per heavy atom. The zero-order valence-electron chi connectivity index (χ0n) is 12.7. The van der Waals surface area contributed by atoms with E-state index in [0.717, 1.165) is 44.5 Å². The average Bonchev–Trinajstić information content (AvgIpc) is 3.02. The van der Waals surface area contributed by atoms with Gasteiger partial charge in [0.2, 0.25) is 5.91 Å². The van der Waals surface area contributed by atoms with Gasteiger partial charge in [-0.25, -0.2) is 4.98 Å². The number of amides is 1. The number of nitrogens with one attached hydrogen (secondary N) is 1. The van der Waals surface area contributed by atoms with Crippen molar-refractivity contribution in [3.8, 4) is 0 Å². The molecule has 0 radical (unpaired) electrons. The monoisotopic (exact) mass is 295 g/mol. The van der Waals surface area contributed by atoms with Gasteiger partial charge in [-0.3, -0.25) is 4.79 Å². The molecule has 0 saturated heterocycles. The lowest BCUT2D eigenvalue weighted by Gasteiger charge is -2.29. The maximum Gasteiger partial charge on any atom is 0.227 e. The summed E-state index contributed by atoms with van der Waals surface area (Å²) in [6, 6.07) is 8.62. The molecule has 1 aliphatic heterocycles. The van der Waals surface area contributed by atoms with Crippen LogP contribution in [0.5, 0.6) is 0 Å². The molecule has 1 aromatic heterocycles. The molecule has 1 N–H and O–H groups in total. The fourth-order valence-corrected chi connectivity index (χ4v) is 3.81. The number of carbonyl (C=O) groups excluding carboxylic acids is 1. The summed E-state index contributed by atoms with van der Waals surface area (Å²) in [6.45, 7) is 0.843. The molecule has 0 fully saturated rings. The summed E-state index contributed by atoms with van der Waals surface area (Å²) in [6.07, 6.45) is 8.94. The molecule has 0 bridgehead atoms. The number of hydrogen-bond acceptors (Lipinski definition) is 2. The van der Waals surface area contributed by atoms with Gasteiger partial charge in [-0.1, -0.05) is 24.3 Å². The van der Waals surface area contributed by atoms with Gasteiger partial charge in [0, 0.05) is 31.4 Å². The van der Waals surface area contributed by atoms with Crippen molar-refractivity contribution in [1.29, 1.82) is 0 Å². The number of imidazole rings is 1. The third-order valence-electron chi connectivity index (χ3n) is 4.97. The number of aryl methyl sites for hydroxylation is 2. The molecule has 22 heavy (non-hydrogen) atoms. The van der Waals surface area contributed by atoms with E-state index in [1.165, 1.54) is 11.1 Å². The molecule has 1 aromatic carbocycles. The molecule has 2 heterocycles. The minimum Gasteiger partial charge on any atom is -0.351 e. The van der Waals surface area contributed by atoms with Crippen LogP contribution in [0.3, 0.4) is 0 Å². The molecular formula is C18H21N3O. The van der Waals surface area contributed by atoms with Gasteiger partial charge in [0.05, 0.1) is 5.92 Å². The van der Waals surface area contributed by atoms with Gasteiger partial charge >= 0.3 is 0 Å². The molecular weight excluding hydrogens is 274 g/mol. The first kappa shape index (κ1) is 13.6. The first-order chi connectivity index (χ1) is 10.8. The van der Waals surface area contributed by atoms with E-state index in [1.807, 2.05) is 18.5 Å². The van der Waals surface area contributed by atoms with Gasteiger partial charge in [0.1, 0.15) is 5.82 Å². The van der Waals surface area contributed by atoms with Crippen molar-refractivity contribution in [2.75, 3.05) is 0 Å². The third-order valence-corrected chi connectivity index (χ3v) is 4.97. The van der Waals surface area contributed by atoms with E-state index in [9.17, 15) is 4.79 Å². The molecule has 0 unspecified atom stereocenters. The molecule has 0 spiro atoms. The lowest BCUT2D eigenvalue weighted by molar-refractivity contribution is -0.123. The predicted octanol–water partition coefficient (Wildman–Crippen LogP) is 2.43. The number of benzene rings is 1. The van der Waals surface area contributed by atoms with E-state index < -0.39 is 0 Å². The highest BCUT2D eigenvalue weighted by atomic mass is 16.1. The van der Waals surface area contributed by atoms with Crippen LogP contribution in [0.15, 0.2) is 36.7 Å². The van der Waals surface area contributed by atoms with Crippen LogP contribution in [-0.4, -0.2) is 21.5 Å². The Morgan fingerprint density at radius 3 is 3.09 bits per heavy atom. The SMILES string of the molecule is O=C(N[C@@H]1CCc2nccn2C1)[C@H]1CCCc2ccccc21. The van der Waals surface area contributed by atoms with Gasteiger partial charge < -0.3 is 9.88 Å². The zero-order chi connectivity index (χ0) is 14.9. The Kier molecular flexibility index (Phi) is 3.45. The minimum atomic E-state index is 0.0223. The van der Waals surface area contributed by atoms with Crippen LogP contribution in [0.25, 0.3) is 0 Å². The molecule has 2 atom stereocenters. The molecule has 0 saturated carbocycles. The number of fused-ring (bicyclic) bond motifs is 2. The Balaban J connectivity index is 1.47. The highest BCUT2D eigenvalue weighted by Crippen LogP contribution is 2.31. The van der Waals surface area contributed by atoms with Crippen LogP contribution >= 0.6 is 0 Å². The topological polar surface area (TPSA) is 46.9 Å². The summed E-state index contributed by atoms with van der Waals surface area (Å²) in [5.74, 6) is 1.35. The highest BCUT2D eigenvalue weighted by Gasteiger charge is 2.28. The average molecular weight is 295 g/mol. The molecule has 4 heteroatoms. The molecule has 4 rings (SSSR count). The zero-order valence-corrected chi connectivity index (χ0v) is 12.7. The first-order valence-electron chi connectivity index (χ1n) is 8.19. The minimum absolute atomic E-state index is 0.0223. The number of carbonyl (C=O) groups is 1. The summed E-state index contributed by atoms with van der Waals surface area (Å²) in [5.41, 5.74) is 2.57. The molecule has 2 aromatic rings. The number of nitrogens with zero attached hydrogens (tertiary/aromatic N) is 2. The van der Waals surface area contributed by atoms with Gasteiger partial charge in [-0.15, -0.1) is 0 Å². The second-order valence-corrected chi connectivity index (χ2v) is 6.38. The van der Waals surface area contributed by atoms with Gasteiger partial charge in [-0.2, -0.15) is 0 Å². The van der Waals surface area contributed by atoms with Crippen molar-refractivity contribution < 1.29 is 4.79 Å². The van der Waals surface area contributed by atoms with Crippen molar-refractivity contribution in [2.45, 2.75) is 50.6 Å². The second kappa shape index (κ2) is 5.59. The maximum atomic E-state index is 12.7. The Labute approximate surface area is 130 Å². The summed E-state index contributed by atoms with van der Waals surface area (Å²) in [4.78, 5) is 17.1. The van der Waals surface area contributed by atoms with E-state index >= 15 is 0 Å². The smallest absolute Gasteiger partial charge is 0.227 e. The Hall–Kier alpha value is -2.10. The molecule has 4 nitrogen and oxygen atoms in total. The maximum absolute atomic E-state index is 12.7. The molecule has 114 valence electrons. The lowest BCUT2D eigenvalue weighted by atomic mass is 9.82. The Bertz CT molecular complexity index is 691. The Morgan fingerprint density at radius 1 is 1.23 bits per heavy atom. The van der Waals surface area contributed by atoms with Gasteiger partial charge in [-0.05, 0) is 36.8 Å². The van der Waals surface area contributed by atoms with E-state index in [4.69, 9.17) is 0 Å². The van der Waals surface area contributed by atoms with E-state index in [2.05, 4.69) is 33.1 Å². The largest absolute Gasteiger partial charge is 0.351 e. The first-order valence-corrected chi connectivity index (χ1v) is 8.19. The van der Waals surface area contributed by atoms with Gasteiger partial charge in [0.25, 0.3) is 0 Å². The normalized spacial score (nSPS) is 23.5. The van der Waals surface area contributed by atoms with Crippen LogP contribution in [0.1, 0.15) is 42.1 Å². The molecule has 2 aliphatic rings. The van der Waals surface area contributed by atoms with Crippen LogP contribution < -0.4 is 5.32 Å². The second-order valence-electron chi connectivity index (χ2n) is 6.38. The van der Waals surface area contributed by atoms with Crippen LogP contribution in [-0.2, 0) is 24.2 Å². The van der Waals surface area contributed by atoms with Crippen molar-refractivity contribution in [3.05, 3.63) is 53.6 Å². The van der Waals surface area contributed by atoms with E-state index in [0.29, 0.717) is 0 Å². The molecule has 1 amide bonds. The summed E-state index contributed by atoms with van der Waals surface area (Å²) in [5, 5.41) is 3.27. The van der Waals surface area contributed by atoms with Crippen LogP contribution in [0.2, 0.25) is 0 Å². The number of aromatic nitrogens is 2. The predicted molar refractivity (Wildman–Crippen MR) is 84.6 cm³/mol. The van der Waals surface area contributed by atoms with E-state index in [1.54, 1.807) is 0 Å². The quantitative estimate of drug-likeness (QED) is 0.925. The van der Waals surface area contributed by atoms with Crippen molar-refractivity contribution in [1.82, 2.24) is 14.9 Å². The summed E-state index contributed by atoms with van der Waals surface area (Å²) >= 11 is 0. The fraction of sp³-hybridized carbons (Fsp3) is 0.444. The number of rotatable bonds is 2. The fourth-order valence-electron chi connectivity index (χ4n) is 3.81.